The second-order valence-corrected chi connectivity index (χ2v) is 8.30. The van der Waals surface area contributed by atoms with Crippen LogP contribution >= 0.6 is 23.1 Å². The zero-order chi connectivity index (χ0) is 20.3. The number of carbonyl (C=O) groups excluding carboxylic acids is 2. The molecular formula is C19H20N4O3S2. The topological polar surface area (TPSA) is 93.1 Å². The second kappa shape index (κ2) is 8.57. The molecule has 0 aliphatic rings. The van der Waals surface area contributed by atoms with Gasteiger partial charge >= 0.3 is 6.03 Å². The summed E-state index contributed by atoms with van der Waals surface area (Å²) in [5.74, 6) is -0.479. The first-order chi connectivity index (χ1) is 13.4. The van der Waals surface area contributed by atoms with Gasteiger partial charge in [0.15, 0.2) is 5.16 Å². The fourth-order valence-electron chi connectivity index (χ4n) is 2.68. The van der Waals surface area contributed by atoms with Crippen LogP contribution in [0.3, 0.4) is 0 Å². The molecule has 0 saturated carbocycles. The number of carbonyl (C=O) groups is 2. The van der Waals surface area contributed by atoms with Crippen LogP contribution in [0.4, 0.5) is 4.79 Å². The third-order valence-corrected chi connectivity index (χ3v) is 6.33. The predicted molar refractivity (Wildman–Crippen MR) is 112 cm³/mol. The molecule has 0 unspecified atom stereocenters. The summed E-state index contributed by atoms with van der Waals surface area (Å²) in [7, 11) is 1.43. The Hall–Kier alpha value is -2.65. The number of fused-ring (bicyclic) bond motifs is 1. The number of nitrogens with zero attached hydrogens (tertiary/aromatic N) is 2. The smallest absolute Gasteiger partial charge is 0.321 e. The zero-order valence-electron chi connectivity index (χ0n) is 15.7. The first kappa shape index (κ1) is 20.1. The Morgan fingerprint density at radius 1 is 1.21 bits per heavy atom. The summed E-state index contributed by atoms with van der Waals surface area (Å²) in [5, 5.41) is 5.62. The summed E-state index contributed by atoms with van der Waals surface area (Å²) < 4.78 is 1.59. The van der Waals surface area contributed by atoms with E-state index in [1.54, 1.807) is 4.57 Å². The standard InChI is InChI=1S/C19H20N4O3S2/c1-11-12(2)28-16-15(11)17(25)23(9-13-7-5-4-6-8-13)19(22-16)27-10-14(24)21-18(26)20-3/h4-8H,9-10H2,1-3H3,(H2,20,21,24,26). The van der Waals surface area contributed by atoms with Crippen LogP contribution in [-0.2, 0) is 11.3 Å². The molecule has 0 saturated heterocycles. The fourth-order valence-corrected chi connectivity index (χ4v) is 4.55. The number of urea groups is 1. The molecule has 0 aliphatic heterocycles. The average Bonchev–Trinajstić information content (AvgIpc) is 2.97. The second-order valence-electron chi connectivity index (χ2n) is 6.15. The predicted octanol–water partition coefficient (Wildman–Crippen LogP) is 2.67. The summed E-state index contributed by atoms with van der Waals surface area (Å²) in [6.07, 6.45) is 0. The van der Waals surface area contributed by atoms with Gasteiger partial charge in [-0.05, 0) is 25.0 Å². The molecule has 3 amide bonds. The van der Waals surface area contributed by atoms with E-state index < -0.39 is 11.9 Å². The lowest BCUT2D eigenvalue weighted by atomic mass is 10.2. The van der Waals surface area contributed by atoms with E-state index in [-0.39, 0.29) is 11.3 Å². The van der Waals surface area contributed by atoms with E-state index in [0.29, 0.717) is 21.9 Å². The number of hydrogen-bond acceptors (Lipinski definition) is 6. The van der Waals surface area contributed by atoms with Crippen LogP contribution < -0.4 is 16.2 Å². The number of aromatic nitrogens is 2. The highest BCUT2D eigenvalue weighted by atomic mass is 32.2. The lowest BCUT2D eigenvalue weighted by Crippen LogP contribution is -2.38. The van der Waals surface area contributed by atoms with Crippen LogP contribution in [0.2, 0.25) is 0 Å². The van der Waals surface area contributed by atoms with Crippen molar-refractivity contribution >= 4 is 45.3 Å². The van der Waals surface area contributed by atoms with Gasteiger partial charge in [-0.25, -0.2) is 9.78 Å². The van der Waals surface area contributed by atoms with Gasteiger partial charge < -0.3 is 5.32 Å². The first-order valence-electron chi connectivity index (χ1n) is 8.59. The van der Waals surface area contributed by atoms with Crippen molar-refractivity contribution in [2.75, 3.05) is 12.8 Å². The quantitative estimate of drug-likeness (QED) is 0.493. The molecule has 0 atom stereocenters. The minimum absolute atomic E-state index is 0.0243. The Bertz CT molecular complexity index is 1090. The molecule has 0 fully saturated rings. The molecule has 0 aliphatic carbocycles. The van der Waals surface area contributed by atoms with E-state index in [4.69, 9.17) is 0 Å². The first-order valence-corrected chi connectivity index (χ1v) is 10.4. The van der Waals surface area contributed by atoms with Gasteiger partial charge in [-0.3, -0.25) is 19.5 Å². The SMILES string of the molecule is CNC(=O)NC(=O)CSc1nc2sc(C)c(C)c2c(=O)n1Cc1ccccc1. The highest BCUT2D eigenvalue weighted by molar-refractivity contribution is 7.99. The minimum Gasteiger partial charge on any atom is -0.341 e. The van der Waals surface area contributed by atoms with Crippen molar-refractivity contribution < 1.29 is 9.59 Å². The van der Waals surface area contributed by atoms with Crippen molar-refractivity contribution in [3.63, 3.8) is 0 Å². The number of amides is 3. The zero-order valence-corrected chi connectivity index (χ0v) is 17.4. The van der Waals surface area contributed by atoms with Crippen molar-refractivity contribution in [2.24, 2.45) is 0 Å². The van der Waals surface area contributed by atoms with Crippen LogP contribution in [0, 0.1) is 13.8 Å². The molecule has 1 aromatic carbocycles. The van der Waals surface area contributed by atoms with E-state index in [9.17, 15) is 14.4 Å². The summed E-state index contributed by atoms with van der Waals surface area (Å²) >= 11 is 2.61. The Balaban J connectivity index is 1.99. The largest absolute Gasteiger partial charge is 0.341 e. The third kappa shape index (κ3) is 4.26. The summed E-state index contributed by atoms with van der Waals surface area (Å²) in [5.41, 5.74) is 1.78. The van der Waals surface area contributed by atoms with E-state index in [1.165, 1.54) is 18.4 Å². The highest BCUT2D eigenvalue weighted by Crippen LogP contribution is 2.28. The minimum atomic E-state index is -0.569. The Morgan fingerprint density at radius 3 is 2.61 bits per heavy atom. The molecular weight excluding hydrogens is 396 g/mol. The van der Waals surface area contributed by atoms with E-state index >= 15 is 0 Å². The van der Waals surface area contributed by atoms with Crippen LogP contribution in [0.1, 0.15) is 16.0 Å². The Morgan fingerprint density at radius 2 is 1.93 bits per heavy atom. The molecule has 2 aromatic heterocycles. The highest BCUT2D eigenvalue weighted by Gasteiger charge is 2.18. The third-order valence-electron chi connectivity index (χ3n) is 4.25. The van der Waals surface area contributed by atoms with Gasteiger partial charge in [-0.1, -0.05) is 42.1 Å². The Labute approximate surface area is 170 Å². The number of thioether (sulfide) groups is 1. The van der Waals surface area contributed by atoms with Gasteiger partial charge in [-0.2, -0.15) is 0 Å². The van der Waals surface area contributed by atoms with Crippen molar-refractivity contribution in [1.29, 1.82) is 0 Å². The summed E-state index contributed by atoms with van der Waals surface area (Å²) in [4.78, 5) is 42.8. The molecule has 3 aromatic rings. The number of rotatable bonds is 5. The molecule has 2 N–H and O–H groups in total. The van der Waals surface area contributed by atoms with E-state index in [1.807, 2.05) is 44.2 Å². The molecule has 0 radical (unpaired) electrons. The number of nitrogens with one attached hydrogen (secondary N) is 2. The fraction of sp³-hybridized carbons (Fsp3) is 0.263. The van der Waals surface area contributed by atoms with E-state index in [2.05, 4.69) is 15.6 Å². The summed E-state index contributed by atoms with van der Waals surface area (Å²) in [6, 6.07) is 9.05. The van der Waals surface area contributed by atoms with Crippen LogP contribution in [0.15, 0.2) is 40.3 Å². The van der Waals surface area contributed by atoms with Crippen LogP contribution in [0.5, 0.6) is 0 Å². The van der Waals surface area contributed by atoms with Gasteiger partial charge in [0.05, 0.1) is 17.7 Å². The average molecular weight is 417 g/mol. The monoisotopic (exact) mass is 416 g/mol. The molecule has 0 bridgehead atoms. The van der Waals surface area contributed by atoms with Crippen molar-refractivity contribution in [3.8, 4) is 0 Å². The van der Waals surface area contributed by atoms with Gasteiger partial charge in [0, 0.05) is 11.9 Å². The molecule has 7 nitrogen and oxygen atoms in total. The van der Waals surface area contributed by atoms with Crippen LogP contribution in [0.25, 0.3) is 10.2 Å². The molecule has 146 valence electrons. The lowest BCUT2D eigenvalue weighted by molar-refractivity contribution is -0.117. The Kier molecular flexibility index (Phi) is 6.15. The van der Waals surface area contributed by atoms with Gasteiger partial charge in [0.1, 0.15) is 4.83 Å². The number of imide groups is 1. The normalized spacial score (nSPS) is 10.8. The van der Waals surface area contributed by atoms with Gasteiger partial charge in [-0.15, -0.1) is 11.3 Å². The molecule has 0 spiro atoms. The van der Waals surface area contributed by atoms with Crippen molar-refractivity contribution in [2.45, 2.75) is 25.5 Å². The van der Waals surface area contributed by atoms with Gasteiger partial charge in [0.2, 0.25) is 5.91 Å². The molecule has 9 heteroatoms. The molecule has 28 heavy (non-hydrogen) atoms. The number of hydrogen-bond donors (Lipinski definition) is 2. The van der Waals surface area contributed by atoms with E-state index in [0.717, 1.165) is 27.8 Å². The maximum Gasteiger partial charge on any atom is 0.321 e. The number of benzene rings is 1. The van der Waals surface area contributed by atoms with Crippen LogP contribution in [-0.4, -0.2) is 34.3 Å². The lowest BCUT2D eigenvalue weighted by Gasteiger charge is -2.12. The molecule has 3 rings (SSSR count). The molecule has 2 heterocycles. The number of aryl methyl sites for hydroxylation is 2. The van der Waals surface area contributed by atoms with Crippen molar-refractivity contribution in [3.05, 3.63) is 56.7 Å². The van der Waals surface area contributed by atoms with Gasteiger partial charge in [0.25, 0.3) is 5.56 Å². The maximum absolute atomic E-state index is 13.2. The number of thiophene rings is 1. The van der Waals surface area contributed by atoms with Crippen molar-refractivity contribution in [1.82, 2.24) is 20.2 Å². The maximum atomic E-state index is 13.2. The summed E-state index contributed by atoms with van der Waals surface area (Å²) in [6.45, 7) is 4.25.